The van der Waals surface area contributed by atoms with Gasteiger partial charge in [-0.2, -0.15) is 0 Å². The summed E-state index contributed by atoms with van der Waals surface area (Å²) in [5.41, 5.74) is 0.739. The Morgan fingerprint density at radius 2 is 1.78 bits per heavy atom. The van der Waals surface area contributed by atoms with Gasteiger partial charge in [0.1, 0.15) is 5.82 Å². The molecule has 0 radical (unpaired) electrons. The first-order valence-electron chi connectivity index (χ1n) is 5.42. The van der Waals surface area contributed by atoms with Gasteiger partial charge in [0.05, 0.1) is 11.3 Å². The van der Waals surface area contributed by atoms with E-state index in [1.54, 1.807) is 19.2 Å². The van der Waals surface area contributed by atoms with Gasteiger partial charge in [0.2, 0.25) is 0 Å². The van der Waals surface area contributed by atoms with E-state index in [0.717, 1.165) is 5.69 Å². The van der Waals surface area contributed by atoms with Gasteiger partial charge >= 0.3 is 5.97 Å². The predicted molar refractivity (Wildman–Crippen MR) is 67.9 cm³/mol. The van der Waals surface area contributed by atoms with Crippen molar-refractivity contribution in [1.82, 2.24) is 0 Å². The van der Waals surface area contributed by atoms with E-state index in [9.17, 15) is 9.18 Å². The molecule has 18 heavy (non-hydrogen) atoms. The van der Waals surface area contributed by atoms with Crippen molar-refractivity contribution in [3.8, 4) is 0 Å². The van der Waals surface area contributed by atoms with Crippen molar-refractivity contribution in [1.29, 1.82) is 0 Å². The molecular weight excluding hydrogens is 233 g/mol. The quantitative estimate of drug-likeness (QED) is 0.902. The summed E-state index contributed by atoms with van der Waals surface area (Å²) in [4.78, 5) is 12.6. The van der Waals surface area contributed by atoms with Crippen molar-refractivity contribution in [2.45, 2.75) is 0 Å². The van der Waals surface area contributed by atoms with Gasteiger partial charge in [-0.05, 0) is 24.3 Å². The van der Waals surface area contributed by atoms with Crippen LogP contribution >= 0.6 is 0 Å². The van der Waals surface area contributed by atoms with E-state index in [1.807, 2.05) is 18.2 Å². The minimum Gasteiger partial charge on any atom is -0.478 e. The van der Waals surface area contributed by atoms with Crippen molar-refractivity contribution in [3.63, 3.8) is 0 Å². The summed E-state index contributed by atoms with van der Waals surface area (Å²) in [5, 5.41) is 9.09. The van der Waals surface area contributed by atoms with E-state index in [4.69, 9.17) is 5.11 Å². The van der Waals surface area contributed by atoms with Gasteiger partial charge in [-0.25, -0.2) is 9.18 Å². The SMILES string of the molecule is CN(c1ccccc1)c1c(F)cccc1C(=O)O. The number of rotatable bonds is 3. The van der Waals surface area contributed by atoms with Crippen molar-refractivity contribution >= 4 is 17.3 Å². The average molecular weight is 245 g/mol. The Morgan fingerprint density at radius 1 is 1.11 bits per heavy atom. The number of benzene rings is 2. The molecule has 0 aromatic heterocycles. The number of nitrogens with zero attached hydrogens (tertiary/aromatic N) is 1. The molecule has 0 saturated carbocycles. The van der Waals surface area contributed by atoms with Crippen molar-refractivity contribution in [2.75, 3.05) is 11.9 Å². The third-order valence-electron chi connectivity index (χ3n) is 2.70. The lowest BCUT2D eigenvalue weighted by molar-refractivity contribution is 0.0697. The predicted octanol–water partition coefficient (Wildman–Crippen LogP) is 3.29. The molecule has 0 unspecified atom stereocenters. The van der Waals surface area contributed by atoms with Gasteiger partial charge in [-0.3, -0.25) is 0 Å². The van der Waals surface area contributed by atoms with Crippen LogP contribution in [0.5, 0.6) is 0 Å². The standard InChI is InChI=1S/C14H12FNO2/c1-16(10-6-3-2-4-7-10)13-11(14(17)18)8-5-9-12(13)15/h2-9H,1H3,(H,17,18). The summed E-state index contributed by atoms with van der Waals surface area (Å²) >= 11 is 0. The van der Waals surface area contributed by atoms with Crippen LogP contribution in [0.25, 0.3) is 0 Å². The van der Waals surface area contributed by atoms with Crippen LogP contribution in [0.4, 0.5) is 15.8 Å². The van der Waals surface area contributed by atoms with E-state index < -0.39 is 11.8 Å². The topological polar surface area (TPSA) is 40.5 Å². The zero-order chi connectivity index (χ0) is 13.1. The summed E-state index contributed by atoms with van der Waals surface area (Å²) in [6.07, 6.45) is 0. The highest BCUT2D eigenvalue weighted by atomic mass is 19.1. The molecule has 4 heteroatoms. The summed E-state index contributed by atoms with van der Waals surface area (Å²) in [7, 11) is 1.64. The smallest absolute Gasteiger partial charge is 0.337 e. The van der Waals surface area contributed by atoms with Gasteiger partial charge in [0, 0.05) is 12.7 Å². The zero-order valence-electron chi connectivity index (χ0n) is 9.80. The molecule has 2 aromatic rings. The summed E-state index contributed by atoms with van der Waals surface area (Å²) in [5.74, 6) is -1.70. The number of aromatic carboxylic acids is 1. The van der Waals surface area contributed by atoms with Crippen LogP contribution in [0, 0.1) is 5.82 Å². The normalized spacial score (nSPS) is 10.1. The van der Waals surface area contributed by atoms with E-state index in [-0.39, 0.29) is 11.3 Å². The van der Waals surface area contributed by atoms with Crippen molar-refractivity contribution in [3.05, 3.63) is 59.9 Å². The highest BCUT2D eigenvalue weighted by Gasteiger charge is 2.18. The van der Waals surface area contributed by atoms with Crippen LogP contribution < -0.4 is 4.90 Å². The number of carboxylic acid groups (broad SMARTS) is 1. The molecule has 0 aliphatic carbocycles. The number of anilines is 2. The second-order valence-corrected chi connectivity index (χ2v) is 3.84. The van der Waals surface area contributed by atoms with Crippen molar-refractivity contribution < 1.29 is 14.3 Å². The molecule has 0 atom stereocenters. The second-order valence-electron chi connectivity index (χ2n) is 3.84. The maximum Gasteiger partial charge on any atom is 0.337 e. The van der Waals surface area contributed by atoms with Crippen molar-refractivity contribution in [2.24, 2.45) is 0 Å². The Balaban J connectivity index is 2.54. The highest BCUT2D eigenvalue weighted by molar-refractivity contribution is 5.95. The molecule has 0 aliphatic heterocycles. The summed E-state index contributed by atoms with van der Waals surface area (Å²) in [6.45, 7) is 0. The molecule has 1 N–H and O–H groups in total. The van der Waals surface area contributed by atoms with Gasteiger partial charge in [-0.1, -0.05) is 24.3 Å². The van der Waals surface area contributed by atoms with Crippen LogP contribution in [0.3, 0.4) is 0 Å². The van der Waals surface area contributed by atoms with E-state index in [0.29, 0.717) is 0 Å². The first-order valence-corrected chi connectivity index (χ1v) is 5.42. The lowest BCUT2D eigenvalue weighted by Gasteiger charge is -2.21. The van der Waals surface area contributed by atoms with Gasteiger partial charge in [-0.15, -0.1) is 0 Å². The first-order chi connectivity index (χ1) is 8.61. The molecule has 0 saturated heterocycles. The van der Waals surface area contributed by atoms with Crippen LogP contribution in [0.2, 0.25) is 0 Å². The molecule has 0 bridgehead atoms. The number of carboxylic acids is 1. The molecule has 0 spiro atoms. The molecule has 0 fully saturated rings. The summed E-state index contributed by atoms with van der Waals surface area (Å²) in [6, 6.07) is 13.1. The number of hydrogen-bond acceptors (Lipinski definition) is 2. The van der Waals surface area contributed by atoms with Crippen LogP contribution in [0.1, 0.15) is 10.4 Å². The Morgan fingerprint density at radius 3 is 2.39 bits per heavy atom. The maximum atomic E-state index is 13.8. The lowest BCUT2D eigenvalue weighted by Crippen LogP contribution is -2.15. The minimum atomic E-state index is -1.15. The average Bonchev–Trinajstić information content (AvgIpc) is 2.38. The highest BCUT2D eigenvalue weighted by Crippen LogP contribution is 2.29. The zero-order valence-corrected chi connectivity index (χ0v) is 9.80. The van der Waals surface area contributed by atoms with E-state index >= 15 is 0 Å². The lowest BCUT2D eigenvalue weighted by atomic mass is 10.1. The number of hydrogen-bond donors (Lipinski definition) is 1. The molecular formula is C14H12FNO2. The molecule has 0 amide bonds. The Labute approximate surface area is 104 Å². The maximum absolute atomic E-state index is 13.8. The first kappa shape index (κ1) is 12.1. The number of halogens is 1. The number of para-hydroxylation sites is 2. The van der Waals surface area contributed by atoms with Crippen LogP contribution in [0.15, 0.2) is 48.5 Å². The van der Waals surface area contributed by atoms with Gasteiger partial charge in [0.15, 0.2) is 0 Å². The fourth-order valence-corrected chi connectivity index (χ4v) is 1.81. The fourth-order valence-electron chi connectivity index (χ4n) is 1.81. The Bertz CT molecular complexity index is 569. The van der Waals surface area contributed by atoms with E-state index in [2.05, 4.69) is 0 Å². The van der Waals surface area contributed by atoms with Gasteiger partial charge in [0.25, 0.3) is 0 Å². The largest absolute Gasteiger partial charge is 0.478 e. The molecule has 2 rings (SSSR count). The van der Waals surface area contributed by atoms with Crippen LogP contribution in [-0.4, -0.2) is 18.1 Å². The molecule has 92 valence electrons. The molecule has 0 heterocycles. The van der Waals surface area contributed by atoms with E-state index in [1.165, 1.54) is 23.1 Å². The molecule has 0 aliphatic rings. The third-order valence-corrected chi connectivity index (χ3v) is 2.70. The summed E-state index contributed by atoms with van der Waals surface area (Å²) < 4.78 is 13.8. The molecule has 2 aromatic carbocycles. The Kier molecular flexibility index (Phi) is 3.28. The Hall–Kier alpha value is -2.36. The second kappa shape index (κ2) is 4.87. The van der Waals surface area contributed by atoms with Gasteiger partial charge < -0.3 is 10.0 Å². The van der Waals surface area contributed by atoms with Crippen LogP contribution in [-0.2, 0) is 0 Å². The molecule has 3 nitrogen and oxygen atoms in total. The number of carbonyl (C=O) groups is 1. The fraction of sp³-hybridized carbons (Fsp3) is 0.0714. The monoisotopic (exact) mass is 245 g/mol. The third kappa shape index (κ3) is 2.18. The minimum absolute atomic E-state index is 0.0543.